The van der Waals surface area contributed by atoms with Crippen LogP contribution in [0.15, 0.2) is 47.4 Å². The molecule has 0 spiro atoms. The fourth-order valence-corrected chi connectivity index (χ4v) is 2.91. The molecule has 3 N–H and O–H groups in total. The van der Waals surface area contributed by atoms with Gasteiger partial charge in [-0.1, -0.05) is 18.2 Å². The van der Waals surface area contributed by atoms with Crippen molar-refractivity contribution in [2.24, 2.45) is 4.99 Å². The van der Waals surface area contributed by atoms with Gasteiger partial charge in [0.25, 0.3) is 6.43 Å². The molecular weight excluding hydrogens is 368 g/mol. The summed E-state index contributed by atoms with van der Waals surface area (Å²) in [7, 11) is 0. The molecule has 1 aliphatic heterocycles. The number of alkyl halides is 2. The molecule has 2 aromatic heterocycles. The summed E-state index contributed by atoms with van der Waals surface area (Å²) >= 11 is 0. The highest BCUT2D eigenvalue weighted by atomic mass is 19.3. The molecule has 28 heavy (non-hydrogen) atoms. The minimum Gasteiger partial charge on any atom is -0.503 e. The number of halogens is 2. The average Bonchev–Trinajstić information content (AvgIpc) is 3.02. The number of nitrogens with zero attached hydrogens (tertiary/aromatic N) is 5. The Labute approximate surface area is 158 Å². The molecule has 4 rings (SSSR count). The summed E-state index contributed by atoms with van der Waals surface area (Å²) in [5, 5.41) is 21.1. The molecule has 3 heterocycles. The minimum absolute atomic E-state index is 0.120. The SMILES string of the molecule is CC1N=CC=C(Nc2nc(-c3nn(CC(F)F)c4ccccc34)ncc2O)N1. The summed E-state index contributed by atoms with van der Waals surface area (Å²) in [6.07, 6.45) is 1.93. The van der Waals surface area contributed by atoms with Crippen molar-refractivity contribution in [2.45, 2.75) is 26.1 Å². The van der Waals surface area contributed by atoms with Gasteiger partial charge in [-0.2, -0.15) is 5.10 Å². The highest BCUT2D eigenvalue weighted by Crippen LogP contribution is 2.29. The van der Waals surface area contributed by atoms with Crippen LogP contribution in [-0.4, -0.2) is 43.7 Å². The molecule has 3 aromatic rings. The van der Waals surface area contributed by atoms with Crippen LogP contribution in [0.4, 0.5) is 14.6 Å². The third kappa shape index (κ3) is 3.48. The highest BCUT2D eigenvalue weighted by molar-refractivity contribution is 5.91. The molecule has 8 nitrogen and oxygen atoms in total. The maximum atomic E-state index is 12.9. The second-order valence-corrected chi connectivity index (χ2v) is 6.19. The highest BCUT2D eigenvalue weighted by Gasteiger charge is 2.18. The van der Waals surface area contributed by atoms with Crippen LogP contribution in [-0.2, 0) is 6.54 Å². The van der Waals surface area contributed by atoms with Crippen molar-refractivity contribution in [1.29, 1.82) is 0 Å². The topological polar surface area (TPSA) is 100 Å². The van der Waals surface area contributed by atoms with Gasteiger partial charge in [0.2, 0.25) is 0 Å². The molecular formula is C18H17F2N7O. The van der Waals surface area contributed by atoms with Crippen molar-refractivity contribution in [3.63, 3.8) is 0 Å². The van der Waals surface area contributed by atoms with Crippen LogP contribution in [0.5, 0.6) is 5.75 Å². The van der Waals surface area contributed by atoms with E-state index in [1.54, 1.807) is 36.6 Å². The standard InChI is InChI=1S/C18H17F2N7O/c1-10-21-7-6-15(23-10)24-17-13(28)8-22-18(25-17)16-11-4-2-3-5-12(11)27(26-16)9-14(19)20/h2-8,10,14,23,28H,9H2,1H3,(H,22,24,25). The van der Waals surface area contributed by atoms with Crippen molar-refractivity contribution in [3.8, 4) is 17.3 Å². The second kappa shape index (κ2) is 7.22. The summed E-state index contributed by atoms with van der Waals surface area (Å²) in [5.41, 5.74) is 0.922. The summed E-state index contributed by atoms with van der Waals surface area (Å²) < 4.78 is 27.1. The number of hydrogen-bond donors (Lipinski definition) is 3. The predicted octanol–water partition coefficient (Wildman–Crippen LogP) is 2.74. The zero-order valence-electron chi connectivity index (χ0n) is 14.8. The van der Waals surface area contributed by atoms with Crippen LogP contribution in [0.3, 0.4) is 0 Å². The van der Waals surface area contributed by atoms with E-state index in [1.807, 2.05) is 6.92 Å². The van der Waals surface area contributed by atoms with E-state index in [-0.39, 0.29) is 23.6 Å². The molecule has 1 atom stereocenters. The maximum Gasteiger partial charge on any atom is 0.257 e. The number of aromatic nitrogens is 4. The summed E-state index contributed by atoms with van der Waals surface area (Å²) in [4.78, 5) is 12.6. The van der Waals surface area contributed by atoms with E-state index in [0.717, 1.165) is 0 Å². The van der Waals surface area contributed by atoms with E-state index in [2.05, 4.69) is 30.7 Å². The third-order valence-electron chi connectivity index (χ3n) is 4.12. The van der Waals surface area contributed by atoms with Gasteiger partial charge < -0.3 is 15.7 Å². The van der Waals surface area contributed by atoms with Gasteiger partial charge in [-0.15, -0.1) is 0 Å². The smallest absolute Gasteiger partial charge is 0.257 e. The molecule has 1 unspecified atom stereocenters. The van der Waals surface area contributed by atoms with Crippen molar-refractivity contribution >= 4 is 22.9 Å². The Bertz CT molecular complexity index is 1080. The van der Waals surface area contributed by atoms with Crippen LogP contribution in [0.25, 0.3) is 22.4 Å². The number of hydrogen-bond acceptors (Lipinski definition) is 7. The molecule has 10 heteroatoms. The van der Waals surface area contributed by atoms with E-state index in [0.29, 0.717) is 22.4 Å². The van der Waals surface area contributed by atoms with Gasteiger partial charge in [0.15, 0.2) is 17.4 Å². The van der Waals surface area contributed by atoms with Crippen LogP contribution >= 0.6 is 0 Å². The molecule has 144 valence electrons. The molecule has 0 amide bonds. The van der Waals surface area contributed by atoms with Crippen LogP contribution in [0.2, 0.25) is 0 Å². The summed E-state index contributed by atoms with van der Waals surface area (Å²) in [6.45, 7) is 1.34. The second-order valence-electron chi connectivity index (χ2n) is 6.19. The Balaban J connectivity index is 1.74. The third-order valence-corrected chi connectivity index (χ3v) is 4.12. The Kier molecular flexibility index (Phi) is 4.60. The summed E-state index contributed by atoms with van der Waals surface area (Å²) in [5.74, 6) is 0.829. The number of fused-ring (bicyclic) bond motifs is 1. The van der Waals surface area contributed by atoms with Gasteiger partial charge in [-0.3, -0.25) is 9.67 Å². The lowest BCUT2D eigenvalue weighted by Crippen LogP contribution is -2.30. The lowest BCUT2D eigenvalue weighted by molar-refractivity contribution is 0.123. The molecule has 0 radical (unpaired) electrons. The van der Waals surface area contributed by atoms with E-state index in [1.165, 1.54) is 10.9 Å². The Morgan fingerprint density at radius 1 is 1.32 bits per heavy atom. The number of para-hydroxylation sites is 1. The first-order valence-corrected chi connectivity index (χ1v) is 8.58. The molecule has 0 fully saturated rings. The van der Waals surface area contributed by atoms with Crippen molar-refractivity contribution in [1.82, 2.24) is 25.1 Å². The quantitative estimate of drug-likeness (QED) is 0.624. The monoisotopic (exact) mass is 385 g/mol. The molecule has 0 bridgehead atoms. The van der Waals surface area contributed by atoms with Crippen LogP contribution in [0, 0.1) is 0 Å². The number of allylic oxidation sites excluding steroid dienone is 1. The minimum atomic E-state index is -2.54. The van der Waals surface area contributed by atoms with E-state index < -0.39 is 13.0 Å². The number of aliphatic imine (C=N–C) groups is 1. The van der Waals surface area contributed by atoms with E-state index in [9.17, 15) is 13.9 Å². The van der Waals surface area contributed by atoms with Gasteiger partial charge >= 0.3 is 0 Å². The molecule has 1 aromatic carbocycles. The van der Waals surface area contributed by atoms with Crippen LogP contribution < -0.4 is 10.6 Å². The predicted molar refractivity (Wildman–Crippen MR) is 101 cm³/mol. The van der Waals surface area contributed by atoms with Crippen molar-refractivity contribution in [2.75, 3.05) is 5.32 Å². The lowest BCUT2D eigenvalue weighted by Gasteiger charge is -2.19. The summed E-state index contributed by atoms with van der Waals surface area (Å²) in [6, 6.07) is 7.03. The van der Waals surface area contributed by atoms with E-state index in [4.69, 9.17) is 0 Å². The normalized spacial score (nSPS) is 16.3. The zero-order valence-corrected chi connectivity index (χ0v) is 14.8. The number of nitrogens with one attached hydrogen (secondary N) is 2. The Hall–Kier alpha value is -3.56. The first-order chi connectivity index (χ1) is 13.5. The van der Waals surface area contributed by atoms with Crippen LogP contribution in [0.1, 0.15) is 6.92 Å². The fourth-order valence-electron chi connectivity index (χ4n) is 2.91. The van der Waals surface area contributed by atoms with Gasteiger partial charge in [0, 0.05) is 11.6 Å². The zero-order chi connectivity index (χ0) is 19.7. The maximum absolute atomic E-state index is 12.9. The number of anilines is 1. The first kappa shape index (κ1) is 17.8. The average molecular weight is 385 g/mol. The lowest BCUT2D eigenvalue weighted by atomic mass is 10.2. The Morgan fingerprint density at radius 3 is 2.93 bits per heavy atom. The van der Waals surface area contributed by atoms with Gasteiger partial charge in [0.05, 0.1) is 11.7 Å². The fraction of sp³-hybridized carbons (Fsp3) is 0.222. The van der Waals surface area contributed by atoms with Gasteiger partial charge in [-0.25, -0.2) is 18.7 Å². The van der Waals surface area contributed by atoms with Gasteiger partial charge in [0.1, 0.15) is 24.2 Å². The number of benzene rings is 1. The van der Waals surface area contributed by atoms with Crippen molar-refractivity contribution in [3.05, 3.63) is 42.4 Å². The largest absolute Gasteiger partial charge is 0.503 e. The Morgan fingerprint density at radius 2 is 2.14 bits per heavy atom. The molecule has 1 aliphatic rings. The molecule has 0 aliphatic carbocycles. The van der Waals surface area contributed by atoms with E-state index >= 15 is 0 Å². The molecule has 0 saturated carbocycles. The van der Waals surface area contributed by atoms with Gasteiger partial charge in [-0.05, 0) is 19.1 Å². The first-order valence-electron chi connectivity index (χ1n) is 8.58. The number of aromatic hydroxyl groups is 1. The van der Waals surface area contributed by atoms with Crippen molar-refractivity contribution < 1.29 is 13.9 Å². The molecule has 0 saturated heterocycles. The number of rotatable bonds is 5.